The third-order valence-electron chi connectivity index (χ3n) is 3.94. The van der Waals surface area contributed by atoms with Gasteiger partial charge in [0.2, 0.25) is 0 Å². The van der Waals surface area contributed by atoms with E-state index in [1.54, 1.807) is 0 Å². The minimum Gasteiger partial charge on any atom is -0.371 e. The Labute approximate surface area is 143 Å². The van der Waals surface area contributed by atoms with Crippen LogP contribution in [-0.2, 0) is 6.54 Å². The molecule has 1 aliphatic heterocycles. The summed E-state index contributed by atoms with van der Waals surface area (Å²) in [5, 5.41) is 4.31. The molecule has 0 aliphatic carbocycles. The molecule has 22 heavy (non-hydrogen) atoms. The van der Waals surface area contributed by atoms with Crippen LogP contribution >= 0.6 is 24.0 Å². The van der Waals surface area contributed by atoms with E-state index in [-0.39, 0.29) is 12.4 Å². The van der Waals surface area contributed by atoms with Gasteiger partial charge in [0.25, 0.3) is 0 Å². The predicted octanol–water partition coefficient (Wildman–Crippen LogP) is 3.77. The zero-order chi connectivity index (χ0) is 14.5. The van der Waals surface area contributed by atoms with Crippen LogP contribution in [0.4, 0.5) is 5.69 Å². The van der Waals surface area contributed by atoms with E-state index in [4.69, 9.17) is 11.6 Å². The highest BCUT2D eigenvalue weighted by Gasteiger charge is 2.22. The highest BCUT2D eigenvalue weighted by Crippen LogP contribution is 2.24. The third kappa shape index (κ3) is 4.60. The third-order valence-corrected chi connectivity index (χ3v) is 4.19. The van der Waals surface area contributed by atoms with E-state index in [2.05, 4.69) is 33.4 Å². The summed E-state index contributed by atoms with van der Waals surface area (Å²) in [7, 11) is 0. The predicted molar refractivity (Wildman–Crippen MR) is 95.0 cm³/mol. The molecule has 0 saturated carbocycles. The van der Waals surface area contributed by atoms with Gasteiger partial charge in [-0.3, -0.25) is 4.98 Å². The van der Waals surface area contributed by atoms with Gasteiger partial charge in [-0.15, -0.1) is 12.4 Å². The number of aromatic nitrogens is 1. The van der Waals surface area contributed by atoms with E-state index < -0.39 is 0 Å². The van der Waals surface area contributed by atoms with Crippen LogP contribution in [0.1, 0.15) is 12.1 Å². The zero-order valence-electron chi connectivity index (χ0n) is 12.4. The topological polar surface area (TPSA) is 28.2 Å². The maximum absolute atomic E-state index is 5.94. The van der Waals surface area contributed by atoms with Crippen molar-refractivity contribution in [3.05, 3.63) is 59.4 Å². The Kier molecular flexibility index (Phi) is 6.49. The number of anilines is 1. The molecular weight excluding hydrogens is 317 g/mol. The van der Waals surface area contributed by atoms with Gasteiger partial charge in [-0.05, 0) is 48.7 Å². The summed E-state index contributed by atoms with van der Waals surface area (Å²) < 4.78 is 0. The Morgan fingerprint density at radius 2 is 2.00 bits per heavy atom. The first kappa shape index (κ1) is 17.1. The number of hydrogen-bond donors (Lipinski definition) is 1. The van der Waals surface area contributed by atoms with Crippen LogP contribution < -0.4 is 10.2 Å². The summed E-state index contributed by atoms with van der Waals surface area (Å²) in [6.45, 7) is 4.12. The Morgan fingerprint density at radius 3 is 2.73 bits per heavy atom. The van der Waals surface area contributed by atoms with Crippen molar-refractivity contribution in [2.45, 2.75) is 13.0 Å². The number of pyridine rings is 1. The average molecular weight is 338 g/mol. The molecule has 3 nitrogen and oxygen atoms in total. The van der Waals surface area contributed by atoms with Crippen molar-refractivity contribution in [1.82, 2.24) is 10.3 Å². The molecule has 1 N–H and O–H groups in total. The molecule has 1 saturated heterocycles. The fourth-order valence-electron chi connectivity index (χ4n) is 2.79. The van der Waals surface area contributed by atoms with E-state index in [9.17, 15) is 0 Å². The molecule has 1 aromatic heterocycles. The zero-order valence-corrected chi connectivity index (χ0v) is 14.0. The van der Waals surface area contributed by atoms with Crippen LogP contribution in [-0.4, -0.2) is 24.6 Å². The highest BCUT2D eigenvalue weighted by atomic mass is 35.5. The highest BCUT2D eigenvalue weighted by molar-refractivity contribution is 6.30. The van der Waals surface area contributed by atoms with Crippen molar-refractivity contribution in [2.75, 3.05) is 24.5 Å². The van der Waals surface area contributed by atoms with Crippen LogP contribution in [0.3, 0.4) is 0 Å². The van der Waals surface area contributed by atoms with Crippen molar-refractivity contribution in [1.29, 1.82) is 0 Å². The molecule has 0 amide bonds. The first-order chi connectivity index (χ1) is 10.3. The smallest absolute Gasteiger partial charge is 0.0541 e. The molecule has 1 aromatic carbocycles. The van der Waals surface area contributed by atoms with Crippen molar-refractivity contribution in [3.63, 3.8) is 0 Å². The molecule has 3 rings (SSSR count). The minimum absolute atomic E-state index is 0. The van der Waals surface area contributed by atoms with Crippen molar-refractivity contribution < 1.29 is 0 Å². The van der Waals surface area contributed by atoms with Crippen LogP contribution in [0.25, 0.3) is 0 Å². The van der Waals surface area contributed by atoms with Gasteiger partial charge in [0.05, 0.1) is 5.69 Å². The van der Waals surface area contributed by atoms with Crippen molar-refractivity contribution in [3.8, 4) is 0 Å². The normalized spacial score (nSPS) is 17.3. The first-order valence-electron chi connectivity index (χ1n) is 7.42. The molecule has 0 radical (unpaired) electrons. The summed E-state index contributed by atoms with van der Waals surface area (Å²) in [6, 6.07) is 14.2. The number of halogens is 2. The van der Waals surface area contributed by atoms with E-state index in [1.165, 1.54) is 12.1 Å². The molecule has 2 aromatic rings. The van der Waals surface area contributed by atoms with Gasteiger partial charge >= 0.3 is 0 Å². The van der Waals surface area contributed by atoms with Gasteiger partial charge in [0.1, 0.15) is 0 Å². The van der Waals surface area contributed by atoms with Crippen LogP contribution in [0.15, 0.2) is 48.7 Å². The van der Waals surface area contributed by atoms with Gasteiger partial charge in [-0.2, -0.15) is 0 Å². The molecule has 0 bridgehead atoms. The standard InChI is InChI=1S/C17H20ClN3.ClH/c18-15-4-6-17(7-5-15)21-10-8-14(13-21)11-19-12-16-3-1-2-9-20-16;/h1-7,9,14,19H,8,10-13H2;1H. The second-order valence-electron chi connectivity index (χ2n) is 5.53. The summed E-state index contributed by atoms with van der Waals surface area (Å²) in [5.74, 6) is 0.699. The molecule has 1 atom stereocenters. The minimum atomic E-state index is 0. The monoisotopic (exact) mass is 337 g/mol. The second-order valence-corrected chi connectivity index (χ2v) is 5.97. The maximum atomic E-state index is 5.94. The summed E-state index contributed by atoms with van der Waals surface area (Å²) >= 11 is 5.94. The van der Waals surface area contributed by atoms with Gasteiger partial charge in [0, 0.05) is 43.1 Å². The van der Waals surface area contributed by atoms with Crippen LogP contribution in [0.5, 0.6) is 0 Å². The lowest BCUT2D eigenvalue weighted by molar-refractivity contribution is 0.514. The molecule has 118 valence electrons. The van der Waals surface area contributed by atoms with Gasteiger partial charge in [-0.25, -0.2) is 0 Å². The van der Waals surface area contributed by atoms with Crippen LogP contribution in [0.2, 0.25) is 5.02 Å². The van der Waals surface area contributed by atoms with Crippen molar-refractivity contribution >= 4 is 29.7 Å². The van der Waals surface area contributed by atoms with Crippen molar-refractivity contribution in [2.24, 2.45) is 5.92 Å². The summed E-state index contributed by atoms with van der Waals surface area (Å²) in [5.41, 5.74) is 2.37. The molecule has 1 fully saturated rings. The lowest BCUT2D eigenvalue weighted by Crippen LogP contribution is -2.26. The number of nitrogens with one attached hydrogen (secondary N) is 1. The average Bonchev–Trinajstić information content (AvgIpc) is 2.98. The quantitative estimate of drug-likeness (QED) is 0.899. The SMILES string of the molecule is Cl.Clc1ccc(N2CCC(CNCc3ccccn3)C2)cc1. The van der Waals surface area contributed by atoms with Crippen LogP contribution in [0, 0.1) is 5.92 Å². The summed E-state index contributed by atoms with van der Waals surface area (Å²) in [6.07, 6.45) is 3.08. The van der Waals surface area contributed by atoms with E-state index in [1.807, 2.05) is 30.5 Å². The van der Waals surface area contributed by atoms with E-state index in [0.29, 0.717) is 5.92 Å². The fraction of sp³-hybridized carbons (Fsp3) is 0.353. The largest absolute Gasteiger partial charge is 0.371 e. The van der Waals surface area contributed by atoms with Gasteiger partial charge in [-0.1, -0.05) is 17.7 Å². The molecule has 5 heteroatoms. The molecule has 0 spiro atoms. The van der Waals surface area contributed by atoms with Gasteiger partial charge in [0.15, 0.2) is 0 Å². The Bertz CT molecular complexity index is 560. The first-order valence-corrected chi connectivity index (χ1v) is 7.80. The molecule has 2 heterocycles. The van der Waals surface area contributed by atoms with Gasteiger partial charge < -0.3 is 10.2 Å². The number of hydrogen-bond acceptors (Lipinski definition) is 3. The number of benzene rings is 1. The number of rotatable bonds is 5. The van der Waals surface area contributed by atoms with E-state index >= 15 is 0 Å². The Hall–Kier alpha value is -1.29. The fourth-order valence-corrected chi connectivity index (χ4v) is 2.92. The Morgan fingerprint density at radius 1 is 1.18 bits per heavy atom. The number of nitrogens with zero attached hydrogens (tertiary/aromatic N) is 2. The second kappa shape index (κ2) is 8.37. The lowest BCUT2D eigenvalue weighted by Gasteiger charge is -2.19. The summed E-state index contributed by atoms with van der Waals surface area (Å²) in [4.78, 5) is 6.76. The molecule has 1 unspecified atom stereocenters. The maximum Gasteiger partial charge on any atom is 0.0541 e. The lowest BCUT2D eigenvalue weighted by atomic mass is 10.1. The Balaban J connectivity index is 0.00000176. The molecule has 1 aliphatic rings. The molecular formula is C17H21Cl2N3. The van der Waals surface area contributed by atoms with E-state index in [0.717, 1.165) is 36.9 Å².